The minimum Gasteiger partial charge on any atom is -0.288 e. The van der Waals surface area contributed by atoms with Crippen LogP contribution in [0, 0.1) is 6.92 Å². The average molecular weight is 385 g/mol. The monoisotopic (exact) mass is 383 g/mol. The number of hydrogen-bond donors (Lipinski definition) is 2. The summed E-state index contributed by atoms with van der Waals surface area (Å²) < 4.78 is 1.56. The molecule has 0 spiro atoms. The predicted octanol–water partition coefficient (Wildman–Crippen LogP) is 4.47. The van der Waals surface area contributed by atoms with Crippen molar-refractivity contribution >= 4 is 51.6 Å². The molecule has 1 heterocycles. The summed E-state index contributed by atoms with van der Waals surface area (Å²) in [6, 6.07) is 8.82. The van der Waals surface area contributed by atoms with E-state index in [2.05, 4.69) is 5.10 Å². The number of aryl methyl sites for hydroxylation is 1. The largest absolute Gasteiger partial charge is 0.295 e. The van der Waals surface area contributed by atoms with Crippen molar-refractivity contribution in [3.8, 4) is 0 Å². The summed E-state index contributed by atoms with van der Waals surface area (Å²) in [5, 5.41) is 14.9. The van der Waals surface area contributed by atoms with E-state index in [1.165, 1.54) is 0 Å². The van der Waals surface area contributed by atoms with Crippen LogP contribution in [0.2, 0.25) is 15.1 Å². The molecule has 1 amide bonds. The standard InChI is InChI=1S/C16H12Cl3N3O2/c1-8-2-3-9(12(18)4-8)7-22-15-11(5-10(17)6-13(15)19)14(20-22)16(23)21-24/h2-6,24H,7H2,1H3,(H,21,23). The van der Waals surface area contributed by atoms with E-state index >= 15 is 0 Å². The molecule has 124 valence electrons. The van der Waals surface area contributed by atoms with Gasteiger partial charge in [0.25, 0.3) is 5.91 Å². The first-order valence-electron chi connectivity index (χ1n) is 6.95. The van der Waals surface area contributed by atoms with Gasteiger partial charge in [-0.3, -0.25) is 14.7 Å². The van der Waals surface area contributed by atoms with E-state index in [9.17, 15) is 4.79 Å². The zero-order chi connectivity index (χ0) is 17.4. The summed E-state index contributed by atoms with van der Waals surface area (Å²) in [5.41, 5.74) is 4.02. The maximum Gasteiger partial charge on any atom is 0.295 e. The second-order valence-corrected chi connectivity index (χ2v) is 6.58. The maximum atomic E-state index is 11.9. The Morgan fingerprint density at radius 2 is 1.96 bits per heavy atom. The number of halogens is 3. The summed E-state index contributed by atoms with van der Waals surface area (Å²) in [5.74, 6) is -0.743. The van der Waals surface area contributed by atoms with Gasteiger partial charge in [-0.2, -0.15) is 5.10 Å². The molecular formula is C16H12Cl3N3O2. The minimum atomic E-state index is -0.743. The van der Waals surface area contributed by atoms with Crippen molar-refractivity contribution in [3.63, 3.8) is 0 Å². The highest BCUT2D eigenvalue weighted by Gasteiger charge is 2.20. The van der Waals surface area contributed by atoms with Gasteiger partial charge in [-0.25, -0.2) is 5.48 Å². The van der Waals surface area contributed by atoms with Crippen LogP contribution in [-0.4, -0.2) is 20.9 Å². The summed E-state index contributed by atoms with van der Waals surface area (Å²) in [6.07, 6.45) is 0. The molecule has 0 atom stereocenters. The second kappa shape index (κ2) is 6.61. The molecule has 0 radical (unpaired) electrons. The number of fused-ring (bicyclic) bond motifs is 1. The topological polar surface area (TPSA) is 67.2 Å². The van der Waals surface area contributed by atoms with E-state index in [4.69, 9.17) is 40.0 Å². The fourth-order valence-electron chi connectivity index (χ4n) is 2.51. The van der Waals surface area contributed by atoms with Crippen molar-refractivity contribution in [2.45, 2.75) is 13.5 Å². The van der Waals surface area contributed by atoms with Crippen molar-refractivity contribution in [1.82, 2.24) is 15.3 Å². The van der Waals surface area contributed by atoms with E-state index in [-0.39, 0.29) is 5.69 Å². The molecular weight excluding hydrogens is 373 g/mol. The summed E-state index contributed by atoms with van der Waals surface area (Å²) >= 11 is 18.6. The SMILES string of the molecule is Cc1ccc(Cn2nc(C(=O)NO)c3cc(Cl)cc(Cl)c32)c(Cl)c1. The van der Waals surface area contributed by atoms with E-state index in [1.807, 2.05) is 25.1 Å². The lowest BCUT2D eigenvalue weighted by molar-refractivity contribution is 0.0701. The number of rotatable bonds is 3. The molecule has 0 saturated carbocycles. The van der Waals surface area contributed by atoms with Crippen molar-refractivity contribution in [2.24, 2.45) is 0 Å². The van der Waals surface area contributed by atoms with Crippen LogP contribution in [0.4, 0.5) is 0 Å². The first-order valence-corrected chi connectivity index (χ1v) is 8.09. The van der Waals surface area contributed by atoms with Crippen LogP contribution < -0.4 is 5.48 Å². The number of benzene rings is 2. The lowest BCUT2D eigenvalue weighted by Crippen LogP contribution is -2.19. The van der Waals surface area contributed by atoms with Gasteiger partial charge in [-0.15, -0.1) is 0 Å². The molecule has 0 unspecified atom stereocenters. The Bertz CT molecular complexity index is 953. The van der Waals surface area contributed by atoms with Crippen LogP contribution in [0.3, 0.4) is 0 Å². The summed E-state index contributed by atoms with van der Waals surface area (Å²) in [6.45, 7) is 2.26. The highest BCUT2D eigenvalue weighted by atomic mass is 35.5. The Labute approximate surface area is 152 Å². The Hall–Kier alpha value is -1.79. The number of hydrogen-bond acceptors (Lipinski definition) is 3. The van der Waals surface area contributed by atoms with Crippen LogP contribution in [-0.2, 0) is 6.54 Å². The van der Waals surface area contributed by atoms with E-state index < -0.39 is 5.91 Å². The fourth-order valence-corrected chi connectivity index (χ4v) is 3.40. The first-order chi connectivity index (χ1) is 11.4. The van der Waals surface area contributed by atoms with Gasteiger partial charge in [0.1, 0.15) is 0 Å². The van der Waals surface area contributed by atoms with Crippen LogP contribution in [0.15, 0.2) is 30.3 Å². The summed E-state index contributed by atoms with van der Waals surface area (Å²) in [7, 11) is 0. The molecule has 8 heteroatoms. The van der Waals surface area contributed by atoms with Gasteiger partial charge in [0.15, 0.2) is 5.69 Å². The van der Waals surface area contributed by atoms with E-state index in [1.54, 1.807) is 22.3 Å². The number of aromatic nitrogens is 2. The van der Waals surface area contributed by atoms with Crippen LogP contribution in [0.25, 0.3) is 10.9 Å². The lowest BCUT2D eigenvalue weighted by Gasteiger charge is -2.08. The van der Waals surface area contributed by atoms with Crippen molar-refractivity contribution < 1.29 is 10.0 Å². The van der Waals surface area contributed by atoms with E-state index in [0.29, 0.717) is 32.5 Å². The maximum absolute atomic E-state index is 11.9. The van der Waals surface area contributed by atoms with Gasteiger partial charge in [-0.1, -0.05) is 46.9 Å². The minimum absolute atomic E-state index is 0.0279. The van der Waals surface area contributed by atoms with Gasteiger partial charge in [0.2, 0.25) is 0 Å². The highest BCUT2D eigenvalue weighted by Crippen LogP contribution is 2.31. The van der Waals surface area contributed by atoms with Gasteiger partial charge < -0.3 is 0 Å². The quantitative estimate of drug-likeness (QED) is 0.517. The van der Waals surface area contributed by atoms with Crippen molar-refractivity contribution in [2.75, 3.05) is 0 Å². The molecule has 0 aliphatic rings. The Morgan fingerprint density at radius 1 is 1.21 bits per heavy atom. The number of carbonyl (C=O) groups is 1. The zero-order valence-electron chi connectivity index (χ0n) is 12.5. The molecule has 0 saturated heterocycles. The number of hydroxylamine groups is 1. The van der Waals surface area contributed by atoms with Crippen molar-refractivity contribution in [1.29, 1.82) is 0 Å². The van der Waals surface area contributed by atoms with Crippen LogP contribution in [0.1, 0.15) is 21.6 Å². The molecule has 2 aromatic carbocycles. The lowest BCUT2D eigenvalue weighted by atomic mass is 10.1. The molecule has 24 heavy (non-hydrogen) atoms. The smallest absolute Gasteiger partial charge is 0.288 e. The number of nitrogens with zero attached hydrogens (tertiary/aromatic N) is 2. The number of amides is 1. The molecule has 0 bridgehead atoms. The predicted molar refractivity (Wildman–Crippen MR) is 94.3 cm³/mol. The first kappa shape index (κ1) is 17.0. The normalized spacial score (nSPS) is 11.0. The van der Waals surface area contributed by atoms with Gasteiger partial charge >= 0.3 is 0 Å². The second-order valence-electron chi connectivity index (χ2n) is 5.33. The Balaban J connectivity index is 2.19. The van der Waals surface area contributed by atoms with Gasteiger partial charge in [0, 0.05) is 15.4 Å². The fraction of sp³-hybridized carbons (Fsp3) is 0.125. The van der Waals surface area contributed by atoms with Gasteiger partial charge in [-0.05, 0) is 36.2 Å². The molecule has 3 aromatic rings. The number of nitrogens with one attached hydrogen (secondary N) is 1. The van der Waals surface area contributed by atoms with Gasteiger partial charge in [0.05, 0.1) is 17.1 Å². The number of carbonyl (C=O) groups excluding carboxylic acids is 1. The Kier molecular flexibility index (Phi) is 4.69. The highest BCUT2D eigenvalue weighted by molar-refractivity contribution is 6.38. The molecule has 2 N–H and O–H groups in total. The molecule has 0 aliphatic carbocycles. The Morgan fingerprint density at radius 3 is 2.62 bits per heavy atom. The van der Waals surface area contributed by atoms with Crippen LogP contribution >= 0.6 is 34.8 Å². The average Bonchev–Trinajstić information content (AvgIpc) is 2.88. The molecule has 1 aromatic heterocycles. The molecule has 0 aliphatic heterocycles. The third kappa shape index (κ3) is 3.08. The van der Waals surface area contributed by atoms with Crippen LogP contribution in [0.5, 0.6) is 0 Å². The summed E-state index contributed by atoms with van der Waals surface area (Å²) in [4.78, 5) is 11.9. The third-order valence-corrected chi connectivity index (χ3v) is 4.47. The van der Waals surface area contributed by atoms with E-state index in [0.717, 1.165) is 11.1 Å². The zero-order valence-corrected chi connectivity index (χ0v) is 14.7. The molecule has 5 nitrogen and oxygen atoms in total. The molecule has 0 fully saturated rings. The molecule has 3 rings (SSSR count). The third-order valence-electron chi connectivity index (χ3n) is 3.61. The van der Waals surface area contributed by atoms with Crippen molar-refractivity contribution in [3.05, 3.63) is 62.2 Å².